The summed E-state index contributed by atoms with van der Waals surface area (Å²) in [6.45, 7) is 5.59. The molecule has 0 spiro atoms. The molecule has 0 bridgehead atoms. The van der Waals surface area contributed by atoms with Gasteiger partial charge >= 0.3 is 5.97 Å². The first-order valence-electron chi connectivity index (χ1n) is 12.4. The third-order valence-corrected chi connectivity index (χ3v) is 7.12. The van der Waals surface area contributed by atoms with Crippen LogP contribution in [0.5, 0.6) is 5.75 Å². The van der Waals surface area contributed by atoms with E-state index in [1.165, 1.54) is 12.0 Å². The monoisotopic (exact) mass is 506 g/mol. The van der Waals surface area contributed by atoms with Crippen LogP contribution in [0, 0.1) is 0 Å². The van der Waals surface area contributed by atoms with E-state index in [1.807, 2.05) is 13.0 Å². The summed E-state index contributed by atoms with van der Waals surface area (Å²) in [4.78, 5) is 42.2. The maximum Gasteiger partial charge on any atom is 0.337 e. The molecule has 194 valence electrons. The summed E-state index contributed by atoms with van der Waals surface area (Å²) in [6.07, 6.45) is 0.731. The number of amides is 1. The summed E-state index contributed by atoms with van der Waals surface area (Å²) < 4.78 is 16.0. The molecule has 0 unspecified atom stereocenters. The van der Waals surface area contributed by atoms with Gasteiger partial charge in [-0.05, 0) is 48.4 Å². The highest BCUT2D eigenvalue weighted by Gasteiger charge is 2.46. The number of likely N-dealkylation sites (tertiary alicyclic amines) is 1. The van der Waals surface area contributed by atoms with E-state index in [1.54, 1.807) is 36.4 Å². The predicted molar refractivity (Wildman–Crippen MR) is 134 cm³/mol. The van der Waals surface area contributed by atoms with Crippen LogP contribution in [-0.2, 0) is 25.5 Å². The lowest BCUT2D eigenvalue weighted by Crippen LogP contribution is -2.42. The molecule has 9 heteroatoms. The van der Waals surface area contributed by atoms with Crippen LogP contribution in [0.2, 0.25) is 0 Å². The van der Waals surface area contributed by atoms with Crippen molar-refractivity contribution in [1.29, 1.82) is 0 Å². The maximum atomic E-state index is 13.3. The van der Waals surface area contributed by atoms with Crippen LogP contribution in [0.15, 0.2) is 48.0 Å². The van der Waals surface area contributed by atoms with E-state index in [0.29, 0.717) is 49.4 Å². The van der Waals surface area contributed by atoms with E-state index in [9.17, 15) is 19.5 Å². The van der Waals surface area contributed by atoms with E-state index in [4.69, 9.17) is 14.2 Å². The van der Waals surface area contributed by atoms with Crippen LogP contribution in [0.4, 0.5) is 0 Å². The minimum Gasteiger partial charge on any atom is -0.507 e. The number of ketones is 1. The fourth-order valence-corrected chi connectivity index (χ4v) is 5.18. The zero-order chi connectivity index (χ0) is 26.1. The van der Waals surface area contributed by atoms with E-state index in [0.717, 1.165) is 24.4 Å². The van der Waals surface area contributed by atoms with Crippen molar-refractivity contribution in [1.82, 2.24) is 9.80 Å². The van der Waals surface area contributed by atoms with Gasteiger partial charge in [0.2, 0.25) is 0 Å². The number of methoxy groups -OCH3 is 1. The number of hydrogen-bond donors (Lipinski definition) is 1. The summed E-state index contributed by atoms with van der Waals surface area (Å²) in [5.74, 6) is -1.34. The molecule has 2 aromatic rings. The van der Waals surface area contributed by atoms with E-state index in [2.05, 4.69) is 4.90 Å². The standard InChI is InChI=1S/C28H30N2O7/c1-17-15-21-16-20(7-8-22(21)37-17)25(31)23-24(18-3-5-19(6-4-18)28(34)35-2)30(27(33)26(23)32)10-9-29-11-13-36-14-12-29/h3-8,16-17,24,31H,9-15H2,1-2H3/t17-,24-/m1/s1. The summed E-state index contributed by atoms with van der Waals surface area (Å²) in [5, 5.41) is 11.4. The minimum atomic E-state index is -0.795. The normalized spacial score (nSPS) is 23.1. The summed E-state index contributed by atoms with van der Waals surface area (Å²) >= 11 is 0. The van der Waals surface area contributed by atoms with Gasteiger partial charge in [-0.25, -0.2) is 4.79 Å². The van der Waals surface area contributed by atoms with Crippen LogP contribution >= 0.6 is 0 Å². The quantitative estimate of drug-likeness (QED) is 0.276. The number of carbonyl (C=O) groups is 3. The molecule has 2 aromatic carbocycles. The SMILES string of the molecule is COC(=O)c1ccc([C@@H]2C(=C(O)c3ccc4c(c3)C[C@@H](C)O4)C(=O)C(=O)N2CCN2CCOCC2)cc1. The number of morpholine rings is 1. The van der Waals surface area contributed by atoms with E-state index < -0.39 is 23.7 Å². The Hall–Kier alpha value is -3.69. The fourth-order valence-electron chi connectivity index (χ4n) is 5.18. The number of aliphatic hydroxyl groups is 1. The number of carbonyl (C=O) groups excluding carboxylic acids is 3. The molecule has 2 atom stereocenters. The molecule has 0 saturated carbocycles. The molecule has 1 amide bonds. The summed E-state index contributed by atoms with van der Waals surface area (Å²) in [7, 11) is 1.30. The highest BCUT2D eigenvalue weighted by Crippen LogP contribution is 2.40. The van der Waals surface area contributed by atoms with Gasteiger partial charge in [-0.1, -0.05) is 12.1 Å². The second-order valence-corrected chi connectivity index (χ2v) is 9.52. The van der Waals surface area contributed by atoms with Crippen molar-refractivity contribution in [2.75, 3.05) is 46.5 Å². The Balaban J connectivity index is 1.53. The maximum absolute atomic E-state index is 13.3. The minimum absolute atomic E-state index is 0.0321. The van der Waals surface area contributed by atoms with Crippen molar-refractivity contribution in [3.05, 3.63) is 70.3 Å². The number of benzene rings is 2. The second-order valence-electron chi connectivity index (χ2n) is 9.52. The molecular weight excluding hydrogens is 476 g/mol. The number of rotatable bonds is 6. The average molecular weight is 507 g/mol. The van der Waals surface area contributed by atoms with Crippen molar-refractivity contribution >= 4 is 23.4 Å². The second kappa shape index (κ2) is 10.4. The van der Waals surface area contributed by atoms with Crippen molar-refractivity contribution in [2.24, 2.45) is 0 Å². The van der Waals surface area contributed by atoms with Gasteiger partial charge in [0, 0.05) is 38.2 Å². The Morgan fingerprint density at radius 2 is 1.76 bits per heavy atom. The van der Waals surface area contributed by atoms with Crippen molar-refractivity contribution in [2.45, 2.75) is 25.5 Å². The fraction of sp³-hybridized carbons (Fsp3) is 0.393. The highest BCUT2D eigenvalue weighted by atomic mass is 16.5. The molecule has 3 aliphatic rings. The molecular formula is C28H30N2O7. The van der Waals surface area contributed by atoms with Gasteiger partial charge in [0.1, 0.15) is 17.6 Å². The molecule has 0 aliphatic carbocycles. The first-order chi connectivity index (χ1) is 17.9. The Labute approximate surface area is 215 Å². The van der Waals surface area contributed by atoms with Crippen LogP contribution < -0.4 is 4.74 Å². The zero-order valence-corrected chi connectivity index (χ0v) is 20.9. The Morgan fingerprint density at radius 1 is 1.05 bits per heavy atom. The third kappa shape index (κ3) is 4.84. The number of esters is 1. The Kier molecular flexibility index (Phi) is 6.99. The van der Waals surface area contributed by atoms with Gasteiger partial charge in [0.05, 0.1) is 37.5 Å². The van der Waals surface area contributed by atoms with Crippen molar-refractivity contribution in [3.8, 4) is 5.75 Å². The molecule has 1 N–H and O–H groups in total. The lowest BCUT2D eigenvalue weighted by atomic mass is 9.94. The van der Waals surface area contributed by atoms with Gasteiger partial charge in [0.25, 0.3) is 11.7 Å². The molecule has 3 aliphatic heterocycles. The third-order valence-electron chi connectivity index (χ3n) is 7.12. The van der Waals surface area contributed by atoms with E-state index >= 15 is 0 Å². The van der Waals surface area contributed by atoms with Crippen LogP contribution in [0.1, 0.15) is 40.0 Å². The van der Waals surface area contributed by atoms with Gasteiger partial charge in [-0.15, -0.1) is 0 Å². The first-order valence-corrected chi connectivity index (χ1v) is 12.4. The molecule has 9 nitrogen and oxygen atoms in total. The first kappa shape index (κ1) is 25.0. The number of Topliss-reactive ketones (excluding diaryl/α,β-unsaturated/α-hetero) is 1. The largest absolute Gasteiger partial charge is 0.507 e. The average Bonchev–Trinajstić information content (AvgIpc) is 3.42. The van der Waals surface area contributed by atoms with E-state index in [-0.39, 0.29) is 17.4 Å². The Morgan fingerprint density at radius 3 is 2.46 bits per heavy atom. The van der Waals surface area contributed by atoms with Gasteiger partial charge in [-0.2, -0.15) is 0 Å². The molecule has 2 saturated heterocycles. The van der Waals surface area contributed by atoms with Gasteiger partial charge in [0.15, 0.2) is 0 Å². The molecule has 0 aromatic heterocycles. The van der Waals surface area contributed by atoms with Gasteiger partial charge in [-0.3, -0.25) is 14.5 Å². The zero-order valence-electron chi connectivity index (χ0n) is 20.9. The highest BCUT2D eigenvalue weighted by molar-refractivity contribution is 6.46. The molecule has 37 heavy (non-hydrogen) atoms. The van der Waals surface area contributed by atoms with Crippen LogP contribution in [0.25, 0.3) is 5.76 Å². The van der Waals surface area contributed by atoms with Crippen molar-refractivity contribution < 1.29 is 33.7 Å². The summed E-state index contributed by atoms with van der Waals surface area (Å²) in [6, 6.07) is 11.1. The number of nitrogens with zero attached hydrogens (tertiary/aromatic N) is 2. The lowest BCUT2D eigenvalue weighted by Gasteiger charge is -2.31. The van der Waals surface area contributed by atoms with Crippen molar-refractivity contribution in [3.63, 3.8) is 0 Å². The lowest BCUT2D eigenvalue weighted by molar-refractivity contribution is -0.140. The molecule has 5 rings (SSSR count). The number of ether oxygens (including phenoxy) is 3. The molecule has 0 radical (unpaired) electrons. The van der Waals surface area contributed by atoms with Gasteiger partial charge < -0.3 is 24.2 Å². The van der Waals surface area contributed by atoms with Crippen LogP contribution in [0.3, 0.4) is 0 Å². The number of aliphatic hydroxyl groups excluding tert-OH is 1. The number of hydrogen-bond acceptors (Lipinski definition) is 8. The molecule has 3 heterocycles. The summed E-state index contributed by atoms with van der Waals surface area (Å²) in [5.41, 5.74) is 2.40. The predicted octanol–water partition coefficient (Wildman–Crippen LogP) is 2.55. The Bertz CT molecular complexity index is 1250. The van der Waals surface area contributed by atoms with Crippen LogP contribution in [-0.4, -0.2) is 85.2 Å². The topological polar surface area (TPSA) is 106 Å². The number of fused-ring (bicyclic) bond motifs is 1. The molecule has 2 fully saturated rings. The smallest absolute Gasteiger partial charge is 0.337 e.